The van der Waals surface area contributed by atoms with Crippen LogP contribution in [0.3, 0.4) is 0 Å². The smallest absolute Gasteiger partial charge is 0.445 e. The number of carbonyl (C=O) groups is 1. The first-order valence-electron chi connectivity index (χ1n) is 5.24. The van der Waals surface area contributed by atoms with Crippen LogP contribution in [0.2, 0.25) is 0 Å². The van der Waals surface area contributed by atoms with Gasteiger partial charge in [0.1, 0.15) is 6.04 Å². The number of aromatic nitrogens is 2. The fourth-order valence-electron chi connectivity index (χ4n) is 1.21. The number of alkyl halides is 3. The van der Waals surface area contributed by atoms with Gasteiger partial charge < -0.3 is 10.4 Å². The van der Waals surface area contributed by atoms with Crippen molar-refractivity contribution >= 4 is 22.4 Å². The number of carboxylic acid groups (broad SMARTS) is 1. The predicted octanol–water partition coefficient (Wildman–Crippen LogP) is 2.61. The molecule has 0 amide bonds. The minimum atomic E-state index is -4.56. The average Bonchev–Trinajstić information content (AvgIpc) is 2.71. The third-order valence-electron chi connectivity index (χ3n) is 2.11. The van der Waals surface area contributed by atoms with Crippen LogP contribution in [0, 0.1) is 0 Å². The summed E-state index contributed by atoms with van der Waals surface area (Å²) in [6.45, 7) is 1.89. The Morgan fingerprint density at radius 1 is 1.50 bits per heavy atom. The van der Waals surface area contributed by atoms with Crippen LogP contribution in [0.15, 0.2) is 0 Å². The molecule has 0 fully saturated rings. The van der Waals surface area contributed by atoms with Gasteiger partial charge >= 0.3 is 12.1 Å². The van der Waals surface area contributed by atoms with E-state index in [1.807, 2.05) is 6.92 Å². The van der Waals surface area contributed by atoms with Gasteiger partial charge in [0.2, 0.25) is 10.1 Å². The van der Waals surface area contributed by atoms with Gasteiger partial charge in [0.05, 0.1) is 0 Å². The lowest BCUT2D eigenvalue weighted by Gasteiger charge is -2.12. The first-order valence-corrected chi connectivity index (χ1v) is 6.06. The van der Waals surface area contributed by atoms with Crippen LogP contribution in [0.25, 0.3) is 0 Å². The molecule has 0 spiro atoms. The van der Waals surface area contributed by atoms with Gasteiger partial charge in [0.15, 0.2) is 0 Å². The van der Waals surface area contributed by atoms with Crippen molar-refractivity contribution in [2.75, 3.05) is 5.32 Å². The van der Waals surface area contributed by atoms with Gasteiger partial charge in [-0.05, 0) is 6.42 Å². The van der Waals surface area contributed by atoms with Crippen molar-refractivity contribution < 1.29 is 23.1 Å². The molecule has 102 valence electrons. The van der Waals surface area contributed by atoms with E-state index < -0.39 is 23.2 Å². The van der Waals surface area contributed by atoms with Crippen molar-refractivity contribution in [2.45, 2.75) is 38.4 Å². The lowest BCUT2D eigenvalue weighted by atomic mass is 10.1. The Labute approximate surface area is 105 Å². The zero-order chi connectivity index (χ0) is 13.8. The van der Waals surface area contributed by atoms with E-state index in [1.54, 1.807) is 0 Å². The molecule has 0 saturated heterocycles. The largest absolute Gasteiger partial charge is 0.480 e. The molecule has 2 N–H and O–H groups in total. The Balaban J connectivity index is 2.69. The van der Waals surface area contributed by atoms with Gasteiger partial charge in [-0.15, -0.1) is 10.2 Å². The number of halogens is 3. The maximum Gasteiger partial charge on any atom is 0.445 e. The molecule has 0 aliphatic carbocycles. The fraction of sp³-hybridized carbons (Fsp3) is 0.667. The number of nitrogens with one attached hydrogen (secondary N) is 1. The van der Waals surface area contributed by atoms with E-state index in [-0.39, 0.29) is 5.13 Å². The molecule has 1 aromatic rings. The number of anilines is 1. The van der Waals surface area contributed by atoms with E-state index >= 15 is 0 Å². The monoisotopic (exact) mass is 283 g/mol. The summed E-state index contributed by atoms with van der Waals surface area (Å²) in [6, 6.07) is -0.945. The molecule has 9 heteroatoms. The third kappa shape index (κ3) is 4.13. The van der Waals surface area contributed by atoms with E-state index in [0.717, 1.165) is 6.42 Å². The summed E-state index contributed by atoms with van der Waals surface area (Å²) in [5.41, 5.74) is 0. The lowest BCUT2D eigenvalue weighted by Crippen LogP contribution is -2.29. The van der Waals surface area contributed by atoms with Crippen LogP contribution in [0.4, 0.5) is 18.3 Å². The van der Waals surface area contributed by atoms with Crippen LogP contribution < -0.4 is 5.32 Å². The lowest BCUT2D eigenvalue weighted by molar-refractivity contribution is -0.139. The highest BCUT2D eigenvalue weighted by atomic mass is 32.1. The van der Waals surface area contributed by atoms with Crippen molar-refractivity contribution in [1.29, 1.82) is 0 Å². The summed E-state index contributed by atoms with van der Waals surface area (Å²) in [6.07, 6.45) is -2.77. The van der Waals surface area contributed by atoms with E-state index in [4.69, 9.17) is 5.11 Å². The maximum absolute atomic E-state index is 12.3. The first-order chi connectivity index (χ1) is 8.34. The molecule has 0 bridgehead atoms. The van der Waals surface area contributed by atoms with Gasteiger partial charge in [-0.2, -0.15) is 13.2 Å². The zero-order valence-corrected chi connectivity index (χ0v) is 10.3. The molecule has 1 aromatic heterocycles. The second-order valence-corrected chi connectivity index (χ2v) is 4.57. The van der Waals surface area contributed by atoms with Crippen LogP contribution in [-0.4, -0.2) is 27.3 Å². The number of unbranched alkanes of at least 4 members (excludes halogenated alkanes) is 1. The molecule has 0 aromatic carbocycles. The Morgan fingerprint density at radius 3 is 2.61 bits per heavy atom. The molecule has 5 nitrogen and oxygen atoms in total. The van der Waals surface area contributed by atoms with E-state index in [1.165, 1.54) is 0 Å². The molecule has 0 radical (unpaired) electrons. The summed E-state index contributed by atoms with van der Waals surface area (Å²) < 4.78 is 36.8. The van der Waals surface area contributed by atoms with Crippen molar-refractivity contribution in [3.05, 3.63) is 5.01 Å². The van der Waals surface area contributed by atoms with Gasteiger partial charge in [-0.25, -0.2) is 4.79 Å². The van der Waals surface area contributed by atoms with E-state index in [9.17, 15) is 18.0 Å². The van der Waals surface area contributed by atoms with Gasteiger partial charge in [-0.1, -0.05) is 31.1 Å². The predicted molar refractivity (Wildman–Crippen MR) is 59.5 cm³/mol. The topological polar surface area (TPSA) is 75.1 Å². The van der Waals surface area contributed by atoms with Crippen molar-refractivity contribution in [1.82, 2.24) is 10.2 Å². The molecule has 0 unspecified atom stereocenters. The molecule has 1 heterocycles. The summed E-state index contributed by atoms with van der Waals surface area (Å²) in [7, 11) is 0. The first kappa shape index (κ1) is 14.7. The van der Waals surface area contributed by atoms with Crippen molar-refractivity contribution in [3.63, 3.8) is 0 Å². The quantitative estimate of drug-likeness (QED) is 0.839. The molecular weight excluding hydrogens is 271 g/mol. The molecule has 0 aliphatic heterocycles. The highest BCUT2D eigenvalue weighted by Crippen LogP contribution is 2.33. The second-order valence-electron chi connectivity index (χ2n) is 3.59. The van der Waals surface area contributed by atoms with Crippen LogP contribution in [0.1, 0.15) is 31.2 Å². The molecule has 1 rings (SSSR count). The molecule has 0 aliphatic rings. The fourth-order valence-corrected chi connectivity index (χ4v) is 1.87. The van der Waals surface area contributed by atoms with Crippen LogP contribution in [0.5, 0.6) is 0 Å². The summed E-state index contributed by atoms with van der Waals surface area (Å²) in [4.78, 5) is 10.9. The average molecular weight is 283 g/mol. The summed E-state index contributed by atoms with van der Waals surface area (Å²) in [5.74, 6) is -1.12. The molecule has 1 atom stereocenters. The summed E-state index contributed by atoms with van der Waals surface area (Å²) >= 11 is 0.297. The van der Waals surface area contributed by atoms with Crippen molar-refractivity contribution in [2.24, 2.45) is 0 Å². The Kier molecular flexibility index (Phi) is 4.88. The van der Waals surface area contributed by atoms with Crippen LogP contribution in [-0.2, 0) is 11.0 Å². The number of aliphatic carboxylic acids is 1. The minimum absolute atomic E-state index is 0.133. The zero-order valence-electron chi connectivity index (χ0n) is 9.49. The SMILES string of the molecule is CCCC[C@H](Nc1nnc(C(F)(F)F)s1)C(=O)O. The van der Waals surface area contributed by atoms with E-state index in [2.05, 4.69) is 15.5 Å². The van der Waals surface area contributed by atoms with Gasteiger partial charge in [-0.3, -0.25) is 0 Å². The highest BCUT2D eigenvalue weighted by molar-refractivity contribution is 7.15. The van der Waals surface area contributed by atoms with Gasteiger partial charge in [0, 0.05) is 0 Å². The minimum Gasteiger partial charge on any atom is -0.480 e. The summed E-state index contributed by atoms with van der Waals surface area (Å²) in [5, 5.41) is 16.4. The number of carboxylic acids is 1. The Morgan fingerprint density at radius 2 is 2.17 bits per heavy atom. The Hall–Kier alpha value is -1.38. The molecule has 0 saturated carbocycles. The third-order valence-corrected chi connectivity index (χ3v) is 3.01. The number of rotatable bonds is 6. The number of hydrogen-bond acceptors (Lipinski definition) is 5. The Bertz CT molecular complexity index is 408. The molecule has 18 heavy (non-hydrogen) atoms. The van der Waals surface area contributed by atoms with Crippen molar-refractivity contribution in [3.8, 4) is 0 Å². The number of nitrogens with zero attached hydrogens (tertiary/aromatic N) is 2. The maximum atomic E-state index is 12.3. The molecular formula is C9H12F3N3O2S. The second kappa shape index (κ2) is 5.98. The number of hydrogen-bond donors (Lipinski definition) is 2. The standard InChI is InChI=1S/C9H12F3N3O2S/c1-2-3-4-5(6(16)17)13-8-15-14-7(18-8)9(10,11)12/h5H,2-4H2,1H3,(H,13,15)(H,16,17)/t5-/m0/s1. The van der Waals surface area contributed by atoms with Gasteiger partial charge in [0.25, 0.3) is 0 Å². The highest BCUT2D eigenvalue weighted by Gasteiger charge is 2.36. The van der Waals surface area contributed by atoms with E-state index in [0.29, 0.717) is 24.2 Å². The van der Waals surface area contributed by atoms with Crippen LogP contribution >= 0.6 is 11.3 Å². The normalized spacial score (nSPS) is 13.3.